The van der Waals surface area contributed by atoms with Crippen LogP contribution in [0, 0.1) is 0 Å². The van der Waals surface area contributed by atoms with Crippen molar-refractivity contribution < 1.29 is 14.3 Å². The van der Waals surface area contributed by atoms with Crippen LogP contribution in [0.3, 0.4) is 0 Å². The second kappa shape index (κ2) is 8.71. The van der Waals surface area contributed by atoms with Crippen LogP contribution in [-0.2, 0) is 4.74 Å². The number of hydrogen-bond donors (Lipinski definition) is 1. The van der Waals surface area contributed by atoms with Gasteiger partial charge in [0.05, 0.1) is 12.3 Å². The summed E-state index contributed by atoms with van der Waals surface area (Å²) in [6.45, 7) is 13.5. The molecule has 0 aromatic carbocycles. The lowest BCUT2D eigenvalue weighted by molar-refractivity contribution is 0.0509. The lowest BCUT2D eigenvalue weighted by Gasteiger charge is -2.21. The average molecular weight is 334 g/mol. The van der Waals surface area contributed by atoms with Gasteiger partial charge in [-0.1, -0.05) is 6.08 Å². The maximum atomic E-state index is 11.8. The summed E-state index contributed by atoms with van der Waals surface area (Å²) in [5, 5.41) is 2.83. The van der Waals surface area contributed by atoms with Crippen molar-refractivity contribution in [3.05, 3.63) is 30.1 Å². The number of allylic oxidation sites excluding steroid dienone is 1. The van der Waals surface area contributed by atoms with E-state index in [1.165, 1.54) is 0 Å². The highest BCUT2D eigenvalue weighted by molar-refractivity contribution is 5.68. The molecule has 0 bridgehead atoms. The minimum absolute atomic E-state index is 0.0159. The maximum Gasteiger partial charge on any atom is 0.407 e. The number of aromatic nitrogens is 1. The largest absolute Gasteiger partial charge is 0.489 e. The van der Waals surface area contributed by atoms with Crippen molar-refractivity contribution in [1.29, 1.82) is 0 Å². The third-order valence-corrected chi connectivity index (χ3v) is 3.08. The van der Waals surface area contributed by atoms with Gasteiger partial charge < -0.3 is 14.8 Å². The van der Waals surface area contributed by atoms with Crippen molar-refractivity contribution >= 4 is 11.7 Å². The van der Waals surface area contributed by atoms with E-state index in [-0.39, 0.29) is 12.1 Å². The Morgan fingerprint density at radius 3 is 2.54 bits per heavy atom. The quantitative estimate of drug-likeness (QED) is 0.827. The van der Waals surface area contributed by atoms with Gasteiger partial charge in [-0.15, -0.1) is 0 Å². The number of rotatable bonds is 6. The standard InChI is InChI=1S/C19H30N2O3/c1-13(2)23-17-10-16(11-20-12-17)14(3)8-9-15(4)21-18(22)24-19(5,6)7/h8,10-13,15H,9H2,1-7H3,(H,21,22). The van der Waals surface area contributed by atoms with Crippen molar-refractivity contribution in [3.63, 3.8) is 0 Å². The second-order valence-electron chi connectivity index (χ2n) is 7.25. The van der Waals surface area contributed by atoms with E-state index in [4.69, 9.17) is 9.47 Å². The number of carbonyl (C=O) groups is 1. The number of nitrogens with one attached hydrogen (secondary N) is 1. The van der Waals surface area contributed by atoms with E-state index < -0.39 is 11.7 Å². The zero-order chi connectivity index (χ0) is 18.3. The van der Waals surface area contributed by atoms with Gasteiger partial charge in [-0.25, -0.2) is 4.79 Å². The number of hydrogen-bond acceptors (Lipinski definition) is 4. The molecule has 134 valence electrons. The van der Waals surface area contributed by atoms with E-state index in [1.54, 1.807) is 6.20 Å². The predicted molar refractivity (Wildman–Crippen MR) is 97.1 cm³/mol. The topological polar surface area (TPSA) is 60.5 Å². The van der Waals surface area contributed by atoms with Crippen LogP contribution in [-0.4, -0.2) is 28.8 Å². The smallest absolute Gasteiger partial charge is 0.407 e. The minimum atomic E-state index is -0.488. The third-order valence-electron chi connectivity index (χ3n) is 3.08. The van der Waals surface area contributed by atoms with E-state index in [9.17, 15) is 4.79 Å². The number of pyridine rings is 1. The highest BCUT2D eigenvalue weighted by atomic mass is 16.6. The van der Waals surface area contributed by atoms with Gasteiger partial charge >= 0.3 is 6.09 Å². The van der Waals surface area contributed by atoms with E-state index in [1.807, 2.05) is 60.7 Å². The number of ether oxygens (including phenoxy) is 2. The Morgan fingerprint density at radius 2 is 1.96 bits per heavy atom. The summed E-state index contributed by atoms with van der Waals surface area (Å²) in [6, 6.07) is 1.96. The van der Waals surface area contributed by atoms with Gasteiger partial charge in [-0.2, -0.15) is 0 Å². The van der Waals surface area contributed by atoms with Gasteiger partial charge in [0.2, 0.25) is 0 Å². The van der Waals surface area contributed by atoms with E-state index in [0.29, 0.717) is 6.42 Å². The summed E-state index contributed by atoms with van der Waals surface area (Å²) in [4.78, 5) is 16.0. The molecule has 5 heteroatoms. The lowest BCUT2D eigenvalue weighted by atomic mass is 10.1. The molecule has 0 saturated heterocycles. The Hall–Kier alpha value is -2.04. The fourth-order valence-electron chi connectivity index (χ4n) is 2.01. The molecule has 1 aromatic heterocycles. The molecule has 1 aromatic rings. The van der Waals surface area contributed by atoms with Gasteiger partial charge in [-0.3, -0.25) is 4.98 Å². The number of carbonyl (C=O) groups excluding carboxylic acids is 1. The predicted octanol–water partition coefficient (Wildman–Crippen LogP) is 4.58. The van der Waals surface area contributed by atoms with E-state index in [0.717, 1.165) is 16.9 Å². The Bertz CT molecular complexity index is 574. The summed E-state index contributed by atoms with van der Waals surface area (Å²) in [7, 11) is 0. The zero-order valence-electron chi connectivity index (χ0n) is 15.8. The highest BCUT2D eigenvalue weighted by Gasteiger charge is 2.17. The van der Waals surface area contributed by atoms with Crippen LogP contribution in [0.15, 0.2) is 24.5 Å². The van der Waals surface area contributed by atoms with Crippen molar-refractivity contribution in [2.45, 2.75) is 72.6 Å². The Morgan fingerprint density at radius 1 is 1.29 bits per heavy atom. The molecule has 1 rings (SSSR count). The van der Waals surface area contributed by atoms with Crippen LogP contribution in [0.2, 0.25) is 0 Å². The summed E-state index contributed by atoms with van der Waals surface area (Å²) in [6.07, 6.45) is 6.03. The molecule has 0 aliphatic rings. The molecule has 1 heterocycles. The van der Waals surface area contributed by atoms with Crippen LogP contribution in [0.4, 0.5) is 4.79 Å². The Labute approximate surface area is 145 Å². The summed E-state index contributed by atoms with van der Waals surface area (Å²) in [5.41, 5.74) is 1.62. The molecular weight excluding hydrogens is 304 g/mol. The van der Waals surface area contributed by atoms with Gasteiger partial charge in [0.15, 0.2) is 0 Å². The molecule has 1 unspecified atom stereocenters. The van der Waals surface area contributed by atoms with Crippen LogP contribution < -0.4 is 10.1 Å². The Balaban J connectivity index is 2.61. The summed E-state index contributed by atoms with van der Waals surface area (Å²) in [5.74, 6) is 0.759. The van der Waals surface area contributed by atoms with Gasteiger partial charge in [-0.05, 0) is 72.1 Å². The first kappa shape index (κ1) is 20.0. The van der Waals surface area contributed by atoms with Crippen LogP contribution in [0.5, 0.6) is 5.75 Å². The first-order chi connectivity index (χ1) is 11.1. The second-order valence-corrected chi connectivity index (χ2v) is 7.25. The molecule has 1 atom stereocenters. The molecular formula is C19H30N2O3. The van der Waals surface area contributed by atoms with Crippen molar-refractivity contribution in [3.8, 4) is 5.75 Å². The SMILES string of the molecule is CC(=CCC(C)NC(=O)OC(C)(C)C)c1cncc(OC(C)C)c1. The van der Waals surface area contributed by atoms with Gasteiger partial charge in [0.1, 0.15) is 11.4 Å². The number of amides is 1. The van der Waals surface area contributed by atoms with Gasteiger partial charge in [0.25, 0.3) is 0 Å². The molecule has 0 radical (unpaired) electrons. The maximum absolute atomic E-state index is 11.8. The van der Waals surface area contributed by atoms with Crippen molar-refractivity contribution in [1.82, 2.24) is 10.3 Å². The first-order valence-electron chi connectivity index (χ1n) is 8.35. The van der Waals surface area contributed by atoms with Crippen molar-refractivity contribution in [2.24, 2.45) is 0 Å². The summed E-state index contributed by atoms with van der Waals surface area (Å²) < 4.78 is 10.9. The summed E-state index contributed by atoms with van der Waals surface area (Å²) >= 11 is 0. The molecule has 1 N–H and O–H groups in total. The van der Waals surface area contributed by atoms with Crippen LogP contribution >= 0.6 is 0 Å². The molecule has 24 heavy (non-hydrogen) atoms. The van der Waals surface area contributed by atoms with Crippen LogP contribution in [0.1, 0.15) is 60.5 Å². The fraction of sp³-hybridized carbons (Fsp3) is 0.579. The molecule has 5 nitrogen and oxygen atoms in total. The highest BCUT2D eigenvalue weighted by Crippen LogP contribution is 2.20. The monoisotopic (exact) mass is 334 g/mol. The molecule has 1 amide bonds. The normalized spacial score (nSPS) is 13.6. The zero-order valence-corrected chi connectivity index (χ0v) is 15.8. The van der Waals surface area contributed by atoms with E-state index >= 15 is 0 Å². The molecule has 0 aliphatic carbocycles. The molecule has 0 fully saturated rings. The van der Waals surface area contributed by atoms with E-state index in [2.05, 4.69) is 16.4 Å². The molecule has 0 aliphatic heterocycles. The van der Waals surface area contributed by atoms with Crippen LogP contribution in [0.25, 0.3) is 5.57 Å². The Kier molecular flexibility index (Phi) is 7.26. The van der Waals surface area contributed by atoms with Crippen molar-refractivity contribution in [2.75, 3.05) is 0 Å². The van der Waals surface area contributed by atoms with Gasteiger partial charge in [0, 0.05) is 12.2 Å². The molecule has 0 spiro atoms. The number of alkyl carbamates (subject to hydrolysis) is 1. The lowest BCUT2D eigenvalue weighted by Crippen LogP contribution is -2.37. The third kappa shape index (κ3) is 7.99. The molecule has 0 saturated carbocycles. The number of nitrogens with zero attached hydrogens (tertiary/aromatic N) is 1. The minimum Gasteiger partial charge on any atom is -0.489 e. The average Bonchev–Trinajstić information content (AvgIpc) is 2.42. The fourth-order valence-corrected chi connectivity index (χ4v) is 2.01. The first-order valence-corrected chi connectivity index (χ1v) is 8.35.